The number of carbonyl (C=O) groups is 2. The first-order chi connectivity index (χ1) is 16.2. The zero-order valence-electron chi connectivity index (χ0n) is 18.4. The Hall–Kier alpha value is -3.29. The van der Waals surface area contributed by atoms with E-state index in [1.165, 1.54) is 6.07 Å². The van der Waals surface area contributed by atoms with Gasteiger partial charge in [-0.1, -0.05) is 12.1 Å². The highest BCUT2D eigenvalue weighted by Crippen LogP contribution is 2.42. The maximum atomic E-state index is 13.8. The van der Waals surface area contributed by atoms with Gasteiger partial charge in [-0.25, -0.2) is 0 Å². The standard InChI is InChI=1S/C26H24F3NO4/c27-26(28,29)22-9-14(1-6-19(22)15-2-4-17(31)10-15)13-34-18-5-8-23-21(12-18)20-7-3-16(11-24(32)33)25(20)30-23/h1,5-6,8-9,12,15-16,30H,2-4,7,10-11,13H2,(H,32,33)/t15-,16-/m1/s1. The average Bonchev–Trinajstić information content (AvgIpc) is 3.47. The number of aryl methyl sites for hydroxylation is 1. The van der Waals surface area contributed by atoms with Crippen LogP contribution in [0.15, 0.2) is 36.4 Å². The van der Waals surface area contributed by atoms with Crippen molar-refractivity contribution < 1.29 is 32.6 Å². The molecule has 2 aromatic carbocycles. The van der Waals surface area contributed by atoms with Crippen LogP contribution >= 0.6 is 0 Å². The van der Waals surface area contributed by atoms with Gasteiger partial charge in [-0.15, -0.1) is 0 Å². The molecule has 2 atom stereocenters. The van der Waals surface area contributed by atoms with Gasteiger partial charge >= 0.3 is 12.1 Å². The molecule has 0 unspecified atom stereocenters. The molecule has 5 rings (SSSR count). The fraction of sp³-hybridized carbons (Fsp3) is 0.385. The third-order valence-electron chi connectivity index (χ3n) is 7.00. The number of hydrogen-bond donors (Lipinski definition) is 2. The summed E-state index contributed by atoms with van der Waals surface area (Å²) < 4.78 is 47.1. The maximum absolute atomic E-state index is 13.8. The third-order valence-corrected chi connectivity index (χ3v) is 7.00. The lowest BCUT2D eigenvalue weighted by atomic mass is 9.91. The second-order valence-electron chi connectivity index (χ2n) is 9.24. The van der Waals surface area contributed by atoms with Crippen molar-refractivity contribution in [3.8, 4) is 5.75 Å². The van der Waals surface area contributed by atoms with Crippen LogP contribution in [-0.2, 0) is 28.8 Å². The molecule has 1 saturated carbocycles. The first-order valence-corrected chi connectivity index (χ1v) is 11.4. The maximum Gasteiger partial charge on any atom is 0.416 e. The van der Waals surface area contributed by atoms with Crippen LogP contribution in [0.25, 0.3) is 10.9 Å². The number of benzene rings is 2. The summed E-state index contributed by atoms with van der Waals surface area (Å²) in [4.78, 5) is 26.0. The minimum atomic E-state index is -4.51. The lowest BCUT2D eigenvalue weighted by Gasteiger charge is -2.18. The fourth-order valence-corrected chi connectivity index (χ4v) is 5.37. The highest BCUT2D eigenvalue weighted by molar-refractivity contribution is 5.87. The molecular weight excluding hydrogens is 447 g/mol. The van der Waals surface area contributed by atoms with Crippen molar-refractivity contribution in [3.05, 3.63) is 64.3 Å². The summed E-state index contributed by atoms with van der Waals surface area (Å²) in [6.07, 6.45) is -1.94. The molecule has 0 aliphatic heterocycles. The molecule has 2 aliphatic carbocycles. The van der Waals surface area contributed by atoms with Crippen molar-refractivity contribution in [1.82, 2.24) is 4.98 Å². The van der Waals surface area contributed by atoms with Gasteiger partial charge in [0.05, 0.1) is 12.0 Å². The molecule has 3 aromatic rings. The topological polar surface area (TPSA) is 79.4 Å². The van der Waals surface area contributed by atoms with Gasteiger partial charge < -0.3 is 14.8 Å². The van der Waals surface area contributed by atoms with Gasteiger partial charge in [0.15, 0.2) is 0 Å². The lowest BCUT2D eigenvalue weighted by molar-refractivity contribution is -0.139. The van der Waals surface area contributed by atoms with Crippen LogP contribution in [0.3, 0.4) is 0 Å². The lowest BCUT2D eigenvalue weighted by Crippen LogP contribution is -2.12. The van der Waals surface area contributed by atoms with E-state index >= 15 is 0 Å². The smallest absolute Gasteiger partial charge is 0.416 e. The van der Waals surface area contributed by atoms with Crippen LogP contribution < -0.4 is 4.74 Å². The Morgan fingerprint density at radius 3 is 2.65 bits per heavy atom. The second kappa shape index (κ2) is 8.49. The van der Waals surface area contributed by atoms with E-state index in [1.54, 1.807) is 12.1 Å². The summed E-state index contributed by atoms with van der Waals surface area (Å²) in [5.74, 6) is -0.716. The molecule has 0 radical (unpaired) electrons. The minimum absolute atomic E-state index is 0.00597. The van der Waals surface area contributed by atoms with Crippen LogP contribution in [0.5, 0.6) is 5.75 Å². The molecule has 0 amide bonds. The number of aromatic nitrogens is 1. The monoisotopic (exact) mass is 471 g/mol. The zero-order chi connectivity index (χ0) is 24.0. The molecule has 1 aromatic heterocycles. The van der Waals surface area contributed by atoms with Gasteiger partial charge in [0.1, 0.15) is 18.1 Å². The van der Waals surface area contributed by atoms with Crippen molar-refractivity contribution in [2.45, 2.75) is 63.1 Å². The normalized spacial score (nSPS) is 20.1. The van der Waals surface area contributed by atoms with Crippen LogP contribution in [0.2, 0.25) is 0 Å². The summed E-state index contributed by atoms with van der Waals surface area (Å²) >= 11 is 0. The molecule has 178 valence electrons. The van der Waals surface area contributed by atoms with Crippen LogP contribution in [-0.4, -0.2) is 21.8 Å². The molecule has 2 N–H and O–H groups in total. The second-order valence-corrected chi connectivity index (χ2v) is 9.24. The van der Waals surface area contributed by atoms with Gasteiger partial charge in [-0.3, -0.25) is 9.59 Å². The van der Waals surface area contributed by atoms with E-state index in [9.17, 15) is 22.8 Å². The minimum Gasteiger partial charge on any atom is -0.489 e. The third kappa shape index (κ3) is 4.29. The molecule has 0 bridgehead atoms. The number of aliphatic carboxylic acids is 1. The average molecular weight is 471 g/mol. The summed E-state index contributed by atoms with van der Waals surface area (Å²) in [5.41, 5.74) is 2.81. The van der Waals surface area contributed by atoms with E-state index in [-0.39, 0.29) is 42.6 Å². The van der Waals surface area contributed by atoms with Crippen LogP contribution in [0.4, 0.5) is 13.2 Å². The number of hydrogen-bond acceptors (Lipinski definition) is 3. The summed E-state index contributed by atoms with van der Waals surface area (Å²) in [6.45, 7) is -0.0211. The number of nitrogens with one attached hydrogen (secondary N) is 1. The number of carboxylic acid groups (broad SMARTS) is 1. The number of carboxylic acids is 1. The van der Waals surface area contributed by atoms with E-state index in [0.29, 0.717) is 24.2 Å². The summed E-state index contributed by atoms with van der Waals surface area (Å²) in [7, 11) is 0. The molecule has 1 fully saturated rings. The molecule has 1 heterocycles. The van der Waals surface area contributed by atoms with Crippen molar-refractivity contribution in [3.63, 3.8) is 0 Å². The number of H-pyrrole nitrogens is 1. The largest absolute Gasteiger partial charge is 0.489 e. The highest BCUT2D eigenvalue weighted by atomic mass is 19.4. The van der Waals surface area contributed by atoms with E-state index < -0.39 is 17.7 Å². The van der Waals surface area contributed by atoms with Gasteiger partial charge in [-0.2, -0.15) is 13.2 Å². The molecular formula is C26H24F3NO4. The van der Waals surface area contributed by atoms with Crippen molar-refractivity contribution in [2.75, 3.05) is 0 Å². The first kappa shape index (κ1) is 22.5. The Morgan fingerprint density at radius 2 is 1.94 bits per heavy atom. The predicted octanol–water partition coefficient (Wildman–Crippen LogP) is 6.11. The van der Waals surface area contributed by atoms with Crippen molar-refractivity contribution in [2.24, 2.45) is 0 Å². The van der Waals surface area contributed by atoms with Gasteiger partial charge in [0.2, 0.25) is 0 Å². The van der Waals surface area contributed by atoms with Crippen molar-refractivity contribution in [1.29, 1.82) is 0 Å². The number of halogens is 3. The van der Waals surface area contributed by atoms with Gasteiger partial charge in [0, 0.05) is 35.4 Å². The molecule has 0 saturated heterocycles. The van der Waals surface area contributed by atoms with Crippen LogP contribution in [0, 0.1) is 0 Å². The molecule has 0 spiro atoms. The Balaban J connectivity index is 1.36. The number of ketones is 1. The molecule has 5 nitrogen and oxygen atoms in total. The number of carbonyl (C=O) groups excluding carboxylic acids is 1. The van der Waals surface area contributed by atoms with Crippen molar-refractivity contribution >= 4 is 22.7 Å². The Kier molecular flexibility index (Phi) is 5.62. The Morgan fingerprint density at radius 1 is 1.12 bits per heavy atom. The summed E-state index contributed by atoms with van der Waals surface area (Å²) in [5, 5.41) is 10.1. The van der Waals surface area contributed by atoms with Gasteiger partial charge in [0.25, 0.3) is 0 Å². The predicted molar refractivity (Wildman–Crippen MR) is 119 cm³/mol. The Labute approximate surface area is 193 Å². The van der Waals surface area contributed by atoms with E-state index in [0.717, 1.165) is 41.1 Å². The number of alkyl halides is 3. The number of rotatable bonds is 6. The summed E-state index contributed by atoms with van der Waals surface area (Å²) in [6, 6.07) is 9.70. The first-order valence-electron chi connectivity index (χ1n) is 11.4. The molecule has 34 heavy (non-hydrogen) atoms. The molecule has 8 heteroatoms. The van der Waals surface area contributed by atoms with Crippen LogP contribution in [0.1, 0.15) is 71.9 Å². The van der Waals surface area contributed by atoms with E-state index in [4.69, 9.17) is 9.84 Å². The SMILES string of the molecule is O=C(O)C[C@H]1CCc2c1[nH]c1ccc(OCc3ccc([C@@H]4CCC(=O)C4)c(C(F)(F)F)c3)cc21. The van der Waals surface area contributed by atoms with E-state index in [1.807, 2.05) is 12.1 Å². The molecule has 2 aliphatic rings. The number of ether oxygens (including phenoxy) is 1. The van der Waals surface area contributed by atoms with Gasteiger partial charge in [-0.05, 0) is 66.1 Å². The van der Waals surface area contributed by atoms with E-state index in [2.05, 4.69) is 4.98 Å². The number of fused-ring (bicyclic) bond motifs is 3. The zero-order valence-corrected chi connectivity index (χ0v) is 18.4. The fourth-order valence-electron chi connectivity index (χ4n) is 5.37. The number of Topliss-reactive ketones (excluding diaryl/α,β-unsaturated/α-hetero) is 1. The highest BCUT2D eigenvalue weighted by Gasteiger charge is 2.37. The Bertz CT molecular complexity index is 1280. The quantitative estimate of drug-likeness (QED) is 0.455. The number of aromatic amines is 1.